The summed E-state index contributed by atoms with van der Waals surface area (Å²) in [5.41, 5.74) is 5.37. The van der Waals surface area contributed by atoms with Crippen molar-refractivity contribution in [2.45, 2.75) is 38.9 Å². The first-order valence-electron chi connectivity index (χ1n) is 14.9. The van der Waals surface area contributed by atoms with E-state index in [-0.39, 0.29) is 8.80 Å². The van der Waals surface area contributed by atoms with Crippen LogP contribution in [0.2, 0.25) is 18.1 Å². The molecule has 1 radical (unpaired) electrons. The Labute approximate surface area is 266 Å². The van der Waals surface area contributed by atoms with E-state index >= 15 is 0 Å². The van der Waals surface area contributed by atoms with Crippen molar-refractivity contribution < 1.29 is 17.9 Å². The average molecular weight is 672 g/mol. The van der Waals surface area contributed by atoms with Crippen molar-refractivity contribution >= 4 is 42.3 Å². The second kappa shape index (κ2) is 17.2. The minimum absolute atomic E-state index is 0.137. The molecular formula is C39H43PRuSi+. The zero-order valence-electron chi connectivity index (χ0n) is 25.0. The monoisotopic (exact) mass is 672 g/mol. The van der Waals surface area contributed by atoms with Gasteiger partial charge in [0.1, 0.15) is 15.9 Å². The Morgan fingerprint density at radius 2 is 0.833 bits per heavy atom. The molecule has 0 saturated carbocycles. The van der Waals surface area contributed by atoms with Gasteiger partial charge in [-0.25, -0.2) is 0 Å². The Morgan fingerprint density at radius 1 is 0.476 bits per heavy atom. The van der Waals surface area contributed by atoms with Gasteiger partial charge in [-0.05, 0) is 36.4 Å². The maximum atomic E-state index is 2.31. The van der Waals surface area contributed by atoms with E-state index in [1.165, 1.54) is 60.4 Å². The normalized spacial score (nSPS) is 11.7. The fourth-order valence-corrected chi connectivity index (χ4v) is 9.95. The molecular weight excluding hydrogens is 629 g/mol. The maximum absolute atomic E-state index is 2.31. The molecule has 1 aliphatic carbocycles. The van der Waals surface area contributed by atoms with Crippen LogP contribution in [-0.4, -0.2) is 12.9 Å². The topological polar surface area (TPSA) is 0 Å². The summed E-state index contributed by atoms with van der Waals surface area (Å²) >= 11 is 2.10. The van der Waals surface area contributed by atoms with Gasteiger partial charge in [-0.1, -0.05) is 93.5 Å². The summed E-state index contributed by atoms with van der Waals surface area (Å²) in [6, 6.07) is 56.0. The smallest absolute Gasteiger partial charge is 0.0620 e. The van der Waals surface area contributed by atoms with E-state index in [9.17, 15) is 0 Å². The predicted molar refractivity (Wildman–Crippen MR) is 191 cm³/mol. The maximum Gasteiger partial charge on any atom is 0.102 e. The fourth-order valence-electron chi connectivity index (χ4n) is 5.14. The van der Waals surface area contributed by atoms with Gasteiger partial charge in [-0.3, -0.25) is 0 Å². The molecule has 0 bridgehead atoms. The van der Waals surface area contributed by atoms with Crippen molar-refractivity contribution in [3.8, 4) is 0 Å². The molecule has 3 heteroatoms. The van der Waals surface area contributed by atoms with E-state index in [2.05, 4.69) is 190 Å². The van der Waals surface area contributed by atoms with Gasteiger partial charge in [-0.2, -0.15) is 0 Å². The Hall–Kier alpha value is -3.02. The predicted octanol–water partition coefficient (Wildman–Crippen LogP) is 8.38. The van der Waals surface area contributed by atoms with Crippen LogP contribution >= 0.6 is 7.92 Å². The first-order valence-corrected chi connectivity index (χ1v) is 19.6. The molecule has 5 aromatic rings. The third-order valence-corrected chi connectivity index (χ3v) is 14.1. The SMILES string of the molecule is CC[Si](CC)CC.[RuH2]=[C]1C=C(c2ccccc2)c2ccccc21.c1ccc([PH+](c2ccccc2)c2ccccc2)cc1. The van der Waals surface area contributed by atoms with E-state index in [0.29, 0.717) is 0 Å². The van der Waals surface area contributed by atoms with Crippen molar-refractivity contribution in [3.63, 3.8) is 0 Å². The summed E-state index contributed by atoms with van der Waals surface area (Å²) in [6.07, 6.45) is 2.28. The number of benzene rings is 5. The standard InChI is InChI=1S/C18H15P.C15H10.C6H15Si.Ru.2H/c1-4-10-16(11-5-1)19(17-12-6-2-7-13-17)18-14-8-3-9-15-18;1-2-6-12(7-3-1)15-11-10-13-8-4-5-9-14(13)15;1-4-7(5-2)6-3;;;/h1-15H;1-9,11H;4-6H2,1-3H3;;;/p+1. The summed E-state index contributed by atoms with van der Waals surface area (Å²) in [5, 5.41) is 4.31. The van der Waals surface area contributed by atoms with Crippen LogP contribution in [0, 0.1) is 0 Å². The van der Waals surface area contributed by atoms with Gasteiger partial charge >= 0.3 is 105 Å². The molecule has 0 N–H and O–H groups in total. The summed E-state index contributed by atoms with van der Waals surface area (Å²) in [5.74, 6) is 0. The molecule has 1 aliphatic rings. The zero-order valence-corrected chi connectivity index (χ0v) is 29.0. The van der Waals surface area contributed by atoms with Crippen LogP contribution in [0.4, 0.5) is 0 Å². The van der Waals surface area contributed by atoms with E-state index in [0.717, 1.165) is 0 Å². The van der Waals surface area contributed by atoms with E-state index in [1.54, 1.807) is 0 Å². The van der Waals surface area contributed by atoms with Crippen LogP contribution < -0.4 is 15.9 Å². The summed E-state index contributed by atoms with van der Waals surface area (Å²) in [7, 11) is -0.740. The van der Waals surface area contributed by atoms with Crippen LogP contribution in [0.15, 0.2) is 152 Å². The van der Waals surface area contributed by atoms with Crippen molar-refractivity contribution in [3.05, 3.63) is 168 Å². The fraction of sp³-hybridized carbons (Fsp3) is 0.154. The number of hydrogen-bond acceptors (Lipinski definition) is 0. The van der Waals surface area contributed by atoms with Gasteiger partial charge in [0.2, 0.25) is 0 Å². The van der Waals surface area contributed by atoms with Crippen molar-refractivity contribution in [2.24, 2.45) is 0 Å². The van der Waals surface area contributed by atoms with Crippen LogP contribution in [-0.2, 0) is 17.9 Å². The van der Waals surface area contributed by atoms with Crippen LogP contribution in [0.5, 0.6) is 0 Å². The van der Waals surface area contributed by atoms with Gasteiger partial charge in [0.25, 0.3) is 0 Å². The molecule has 0 aromatic heterocycles. The van der Waals surface area contributed by atoms with Gasteiger partial charge in [0.05, 0.1) is 7.92 Å². The molecule has 6 rings (SSSR count). The molecule has 0 heterocycles. The summed E-state index contributed by atoms with van der Waals surface area (Å²) in [6.45, 7) is 6.92. The molecule has 0 spiro atoms. The Kier molecular flexibility index (Phi) is 13.1. The second-order valence-corrected chi connectivity index (χ2v) is 17.3. The zero-order chi connectivity index (χ0) is 29.6. The van der Waals surface area contributed by atoms with Gasteiger partial charge < -0.3 is 0 Å². The first kappa shape index (κ1) is 31.9. The number of rotatable bonds is 7. The molecule has 42 heavy (non-hydrogen) atoms. The molecule has 5 aromatic carbocycles. The minimum atomic E-state index is -0.877. The van der Waals surface area contributed by atoms with Gasteiger partial charge in [0, 0.05) is 8.80 Å². The van der Waals surface area contributed by atoms with Gasteiger partial charge in [0.15, 0.2) is 0 Å². The Morgan fingerprint density at radius 3 is 1.21 bits per heavy atom. The van der Waals surface area contributed by atoms with Crippen LogP contribution in [0.25, 0.3) is 5.57 Å². The number of allylic oxidation sites excluding steroid dienone is 1. The number of fused-ring (bicyclic) bond motifs is 1. The van der Waals surface area contributed by atoms with E-state index in [1.807, 2.05) is 0 Å². The molecule has 0 saturated heterocycles. The van der Waals surface area contributed by atoms with Crippen molar-refractivity contribution in [2.75, 3.05) is 0 Å². The molecule has 0 amide bonds. The van der Waals surface area contributed by atoms with Crippen LogP contribution in [0.3, 0.4) is 0 Å². The van der Waals surface area contributed by atoms with E-state index in [4.69, 9.17) is 0 Å². The molecule has 0 nitrogen and oxygen atoms in total. The largest absolute Gasteiger partial charge is 0.102 e. The third-order valence-electron chi connectivity index (χ3n) is 7.53. The molecule has 0 atom stereocenters. The molecule has 0 unspecified atom stereocenters. The molecule has 215 valence electrons. The van der Waals surface area contributed by atoms with Crippen molar-refractivity contribution in [1.29, 1.82) is 0 Å². The first-order chi connectivity index (χ1) is 20.7. The molecule has 0 fully saturated rings. The van der Waals surface area contributed by atoms with Crippen LogP contribution in [0.1, 0.15) is 37.5 Å². The Bertz CT molecular complexity index is 1430. The quantitative estimate of drug-likeness (QED) is 0.121. The second-order valence-electron chi connectivity index (χ2n) is 10.1. The third kappa shape index (κ3) is 8.75. The van der Waals surface area contributed by atoms with Gasteiger partial charge in [-0.15, -0.1) is 0 Å². The Balaban J connectivity index is 0.000000160. The average Bonchev–Trinajstić information content (AvgIpc) is 3.41. The summed E-state index contributed by atoms with van der Waals surface area (Å²) < 4.78 is 1.37. The van der Waals surface area contributed by atoms with E-state index < -0.39 is 7.92 Å². The molecule has 0 aliphatic heterocycles. The number of hydrogen-bond donors (Lipinski definition) is 0. The summed E-state index contributed by atoms with van der Waals surface area (Å²) in [4.78, 5) is 0. The van der Waals surface area contributed by atoms with Crippen molar-refractivity contribution in [1.82, 2.24) is 0 Å². The minimum Gasteiger partial charge on any atom is -0.0620 e.